The Morgan fingerprint density at radius 1 is 1.43 bits per heavy atom. The molecule has 3 heterocycles. The van der Waals surface area contributed by atoms with E-state index in [2.05, 4.69) is 10.1 Å². The van der Waals surface area contributed by atoms with Crippen LogP contribution >= 0.6 is 11.8 Å². The number of nitrogens with one attached hydrogen (secondary N) is 1. The third-order valence-corrected chi connectivity index (χ3v) is 4.11. The topological polar surface area (TPSA) is 77.0 Å². The maximum atomic E-state index is 12.2. The van der Waals surface area contributed by atoms with Crippen molar-refractivity contribution in [1.29, 1.82) is 0 Å². The first kappa shape index (κ1) is 13.9. The number of rotatable bonds is 3. The highest BCUT2D eigenvalue weighted by Gasteiger charge is 2.20. The maximum absolute atomic E-state index is 12.2. The molecule has 0 radical (unpaired) electrons. The lowest BCUT2D eigenvalue weighted by molar-refractivity contribution is 0.0377. The SMILES string of the molecule is CC(C)OC(=O)c1ccc(-n2[nH]c3c(c2=O)CSC3)nc1. The molecule has 110 valence electrons. The van der Waals surface area contributed by atoms with Crippen molar-refractivity contribution >= 4 is 17.7 Å². The van der Waals surface area contributed by atoms with Gasteiger partial charge in [-0.25, -0.2) is 14.5 Å². The Morgan fingerprint density at radius 2 is 2.24 bits per heavy atom. The van der Waals surface area contributed by atoms with E-state index in [-0.39, 0.29) is 11.7 Å². The van der Waals surface area contributed by atoms with Crippen LogP contribution in [0.15, 0.2) is 23.1 Å². The molecule has 1 N–H and O–H groups in total. The van der Waals surface area contributed by atoms with Crippen LogP contribution in [-0.4, -0.2) is 26.8 Å². The number of fused-ring (bicyclic) bond motifs is 1. The van der Waals surface area contributed by atoms with Crippen LogP contribution in [-0.2, 0) is 16.2 Å². The molecule has 0 aromatic carbocycles. The largest absolute Gasteiger partial charge is 0.459 e. The van der Waals surface area contributed by atoms with Crippen molar-refractivity contribution in [2.45, 2.75) is 31.5 Å². The summed E-state index contributed by atoms with van der Waals surface area (Å²) in [4.78, 5) is 28.1. The molecule has 7 heteroatoms. The molecule has 0 aliphatic carbocycles. The summed E-state index contributed by atoms with van der Waals surface area (Å²) in [5.74, 6) is 1.61. The zero-order chi connectivity index (χ0) is 15.0. The summed E-state index contributed by atoms with van der Waals surface area (Å²) in [6.45, 7) is 3.58. The van der Waals surface area contributed by atoms with Crippen LogP contribution in [0.3, 0.4) is 0 Å². The van der Waals surface area contributed by atoms with Crippen molar-refractivity contribution in [3.8, 4) is 5.82 Å². The number of hydrogen-bond donors (Lipinski definition) is 1. The summed E-state index contributed by atoms with van der Waals surface area (Å²) in [6.07, 6.45) is 1.25. The third-order valence-electron chi connectivity index (χ3n) is 3.12. The first-order valence-corrected chi connectivity index (χ1v) is 7.79. The molecule has 2 aromatic rings. The molecular formula is C14H15N3O3S. The number of ether oxygens (including phenoxy) is 1. The molecule has 1 aliphatic heterocycles. The average Bonchev–Trinajstić information content (AvgIpc) is 3.02. The van der Waals surface area contributed by atoms with E-state index in [9.17, 15) is 9.59 Å². The van der Waals surface area contributed by atoms with Crippen LogP contribution in [0.4, 0.5) is 0 Å². The van der Waals surface area contributed by atoms with Gasteiger partial charge in [0.05, 0.1) is 22.9 Å². The van der Waals surface area contributed by atoms with Gasteiger partial charge in [0.1, 0.15) is 0 Å². The van der Waals surface area contributed by atoms with Crippen LogP contribution in [0, 0.1) is 0 Å². The van der Waals surface area contributed by atoms with E-state index in [0.29, 0.717) is 11.4 Å². The fraction of sp³-hybridized carbons (Fsp3) is 0.357. The molecule has 0 bridgehead atoms. The zero-order valence-corrected chi connectivity index (χ0v) is 12.6. The molecule has 3 rings (SSSR count). The van der Waals surface area contributed by atoms with Gasteiger partial charge >= 0.3 is 5.97 Å². The summed E-state index contributed by atoms with van der Waals surface area (Å²) in [6, 6.07) is 3.25. The molecule has 0 amide bonds. The van der Waals surface area contributed by atoms with Crippen LogP contribution in [0.25, 0.3) is 5.82 Å². The fourth-order valence-electron chi connectivity index (χ4n) is 2.12. The molecule has 2 aromatic heterocycles. The van der Waals surface area contributed by atoms with Gasteiger partial charge in [-0.2, -0.15) is 11.8 Å². The highest BCUT2D eigenvalue weighted by molar-refractivity contribution is 7.98. The Hall–Kier alpha value is -2.02. The van der Waals surface area contributed by atoms with E-state index in [4.69, 9.17) is 4.74 Å². The molecule has 0 spiro atoms. The van der Waals surface area contributed by atoms with Crippen molar-refractivity contribution in [1.82, 2.24) is 14.8 Å². The molecular weight excluding hydrogens is 290 g/mol. The molecule has 0 atom stereocenters. The summed E-state index contributed by atoms with van der Waals surface area (Å²) >= 11 is 1.71. The minimum atomic E-state index is -0.415. The molecule has 6 nitrogen and oxygen atoms in total. The van der Waals surface area contributed by atoms with Gasteiger partial charge in [0.2, 0.25) is 0 Å². The normalized spacial score (nSPS) is 13.5. The molecule has 1 aliphatic rings. The Bertz CT molecular complexity index is 731. The highest BCUT2D eigenvalue weighted by atomic mass is 32.2. The summed E-state index contributed by atoms with van der Waals surface area (Å²) in [5, 5.41) is 3.06. The number of pyridine rings is 1. The third kappa shape index (κ3) is 2.61. The first-order valence-electron chi connectivity index (χ1n) is 6.64. The van der Waals surface area contributed by atoms with Gasteiger partial charge in [-0.15, -0.1) is 0 Å². The van der Waals surface area contributed by atoms with E-state index in [1.807, 2.05) is 0 Å². The summed E-state index contributed by atoms with van der Waals surface area (Å²) in [7, 11) is 0. The number of thioether (sulfide) groups is 1. The monoisotopic (exact) mass is 305 g/mol. The molecule has 0 saturated carbocycles. The smallest absolute Gasteiger partial charge is 0.339 e. The molecule has 21 heavy (non-hydrogen) atoms. The maximum Gasteiger partial charge on any atom is 0.339 e. The number of carbonyl (C=O) groups excluding carboxylic acids is 1. The Morgan fingerprint density at radius 3 is 2.86 bits per heavy atom. The number of aromatic nitrogens is 3. The van der Waals surface area contributed by atoms with Crippen LogP contribution in [0.1, 0.15) is 35.5 Å². The second-order valence-electron chi connectivity index (χ2n) is 5.06. The second kappa shape index (κ2) is 5.40. The number of aromatic amines is 1. The van der Waals surface area contributed by atoms with Crippen molar-refractivity contribution in [3.05, 3.63) is 45.5 Å². The Kier molecular flexibility index (Phi) is 3.59. The van der Waals surface area contributed by atoms with Gasteiger partial charge in [-0.1, -0.05) is 0 Å². The van der Waals surface area contributed by atoms with Crippen LogP contribution < -0.4 is 5.56 Å². The van der Waals surface area contributed by atoms with Crippen molar-refractivity contribution in [2.24, 2.45) is 0 Å². The second-order valence-corrected chi connectivity index (χ2v) is 6.05. The van der Waals surface area contributed by atoms with E-state index in [1.165, 1.54) is 10.9 Å². The van der Waals surface area contributed by atoms with E-state index in [1.54, 1.807) is 37.7 Å². The lowest BCUT2D eigenvalue weighted by atomic mass is 10.3. The Labute approximate surface area is 125 Å². The fourth-order valence-corrected chi connectivity index (χ4v) is 3.17. The predicted molar refractivity (Wildman–Crippen MR) is 79.7 cm³/mol. The van der Waals surface area contributed by atoms with E-state index < -0.39 is 5.97 Å². The minimum Gasteiger partial charge on any atom is -0.459 e. The van der Waals surface area contributed by atoms with Gasteiger partial charge in [-0.3, -0.25) is 9.89 Å². The lowest BCUT2D eigenvalue weighted by Crippen LogP contribution is -2.18. The van der Waals surface area contributed by atoms with Crippen molar-refractivity contribution in [3.63, 3.8) is 0 Å². The number of esters is 1. The molecule has 0 unspecified atom stereocenters. The van der Waals surface area contributed by atoms with E-state index >= 15 is 0 Å². The quantitative estimate of drug-likeness (QED) is 0.876. The van der Waals surface area contributed by atoms with Gasteiger partial charge in [-0.05, 0) is 26.0 Å². The number of H-pyrrole nitrogens is 1. The van der Waals surface area contributed by atoms with Gasteiger partial charge in [0.25, 0.3) is 5.56 Å². The molecule has 0 fully saturated rings. The Balaban J connectivity index is 1.88. The van der Waals surface area contributed by atoms with Gasteiger partial charge in [0.15, 0.2) is 5.82 Å². The minimum absolute atomic E-state index is 0.0694. The van der Waals surface area contributed by atoms with E-state index in [0.717, 1.165) is 22.8 Å². The van der Waals surface area contributed by atoms with Crippen molar-refractivity contribution in [2.75, 3.05) is 0 Å². The summed E-state index contributed by atoms with van der Waals surface area (Å²) in [5.41, 5.74) is 2.07. The average molecular weight is 305 g/mol. The lowest BCUT2D eigenvalue weighted by Gasteiger charge is -2.08. The highest BCUT2D eigenvalue weighted by Crippen LogP contribution is 2.26. The number of hydrogen-bond acceptors (Lipinski definition) is 5. The van der Waals surface area contributed by atoms with Crippen molar-refractivity contribution < 1.29 is 9.53 Å². The zero-order valence-electron chi connectivity index (χ0n) is 11.8. The number of carbonyl (C=O) groups is 1. The standard InChI is InChI=1S/C14H15N3O3S/c1-8(2)20-14(19)9-3-4-12(15-5-9)17-13(18)10-6-21-7-11(10)16-17/h3-5,8,16H,6-7H2,1-2H3. The van der Waals surface area contributed by atoms with Crippen LogP contribution in [0.5, 0.6) is 0 Å². The van der Waals surface area contributed by atoms with Crippen LogP contribution in [0.2, 0.25) is 0 Å². The first-order chi connectivity index (χ1) is 10.1. The number of nitrogens with zero attached hydrogens (tertiary/aromatic N) is 2. The summed E-state index contributed by atoms with van der Waals surface area (Å²) < 4.78 is 6.52. The van der Waals surface area contributed by atoms with Gasteiger partial charge in [0, 0.05) is 17.7 Å². The van der Waals surface area contributed by atoms with Gasteiger partial charge < -0.3 is 4.74 Å². The predicted octanol–water partition coefficient (Wildman–Crippen LogP) is 1.87. The molecule has 0 saturated heterocycles.